The molecule has 0 heterocycles. The van der Waals surface area contributed by atoms with Crippen molar-refractivity contribution in [2.75, 3.05) is 13.2 Å². The third-order valence-electron chi connectivity index (χ3n) is 10.5. The summed E-state index contributed by atoms with van der Waals surface area (Å²) in [5.74, 6) is -1.11. The largest absolute Gasteiger partial charge is 0.472 e. The van der Waals surface area contributed by atoms with Gasteiger partial charge in [0.25, 0.3) is 0 Å². The van der Waals surface area contributed by atoms with Crippen molar-refractivity contribution in [2.45, 2.75) is 230 Å². The minimum absolute atomic E-state index is 0.0875. The number of ether oxygens (including phenoxy) is 2. The first kappa shape index (κ1) is 54.3. The molecule has 0 radical (unpaired) electrons. The molecule has 8 atom stereocenters. The van der Waals surface area contributed by atoms with Gasteiger partial charge in [-0.2, -0.15) is 0 Å². The number of hydrogen-bond acceptors (Lipinski definition) is 12. The minimum atomic E-state index is -5.11. The van der Waals surface area contributed by atoms with E-state index < -0.39 is 75.7 Å². The van der Waals surface area contributed by atoms with Crippen LogP contribution in [0.2, 0.25) is 0 Å². The summed E-state index contributed by atoms with van der Waals surface area (Å²) >= 11 is 0. The molecule has 13 nitrogen and oxygen atoms in total. The molecule has 0 amide bonds. The molecule has 0 aliphatic heterocycles. The van der Waals surface area contributed by atoms with Crippen molar-refractivity contribution in [3.8, 4) is 0 Å². The van der Waals surface area contributed by atoms with Gasteiger partial charge in [0.05, 0.1) is 6.61 Å². The van der Waals surface area contributed by atoms with Crippen LogP contribution < -0.4 is 0 Å². The van der Waals surface area contributed by atoms with Crippen molar-refractivity contribution < 1.29 is 63.1 Å². The van der Waals surface area contributed by atoms with Gasteiger partial charge in [0.2, 0.25) is 0 Å². The molecule has 6 unspecified atom stereocenters. The molecule has 58 heavy (non-hydrogen) atoms. The highest BCUT2D eigenvalue weighted by Crippen LogP contribution is 2.47. The number of phosphoric acid groups is 1. The van der Waals surface area contributed by atoms with Crippen LogP contribution in [0.15, 0.2) is 24.3 Å². The maximum Gasteiger partial charge on any atom is 0.472 e. The van der Waals surface area contributed by atoms with Gasteiger partial charge >= 0.3 is 19.8 Å². The van der Waals surface area contributed by atoms with Crippen molar-refractivity contribution >= 4 is 19.8 Å². The number of phosphoric ester groups is 1. The van der Waals surface area contributed by atoms with Crippen LogP contribution in [0.5, 0.6) is 0 Å². The molecule has 6 N–H and O–H groups in total. The zero-order valence-corrected chi connectivity index (χ0v) is 36.7. The second-order valence-electron chi connectivity index (χ2n) is 15.9. The molecule has 1 aliphatic rings. The fourth-order valence-electron chi connectivity index (χ4n) is 6.81. The highest BCUT2D eigenvalue weighted by atomic mass is 31.2. The first-order chi connectivity index (χ1) is 27.9. The van der Waals surface area contributed by atoms with Crippen molar-refractivity contribution in [1.82, 2.24) is 0 Å². The predicted molar refractivity (Wildman–Crippen MR) is 226 cm³/mol. The molecule has 0 bridgehead atoms. The van der Waals surface area contributed by atoms with E-state index in [1.54, 1.807) is 0 Å². The van der Waals surface area contributed by atoms with Gasteiger partial charge in [-0.1, -0.05) is 134 Å². The van der Waals surface area contributed by atoms with Crippen LogP contribution in [0, 0.1) is 0 Å². The Morgan fingerprint density at radius 3 is 1.34 bits per heavy atom. The van der Waals surface area contributed by atoms with Crippen LogP contribution in [0.1, 0.15) is 187 Å². The van der Waals surface area contributed by atoms with Gasteiger partial charge in [0.15, 0.2) is 6.10 Å². The van der Waals surface area contributed by atoms with E-state index in [0.29, 0.717) is 12.8 Å². The summed E-state index contributed by atoms with van der Waals surface area (Å²) < 4.78 is 33.5. The van der Waals surface area contributed by atoms with Gasteiger partial charge in [0, 0.05) is 12.8 Å². The molecule has 14 heteroatoms. The average molecular weight is 849 g/mol. The van der Waals surface area contributed by atoms with Crippen LogP contribution in [0.3, 0.4) is 0 Å². The molecule has 0 aromatic carbocycles. The number of aliphatic hydroxyl groups is 5. The van der Waals surface area contributed by atoms with E-state index in [9.17, 15) is 44.6 Å². The Morgan fingerprint density at radius 1 is 0.517 bits per heavy atom. The number of unbranched alkanes of at least 4 members (excludes halogenated alkanes) is 21. The van der Waals surface area contributed by atoms with Gasteiger partial charge in [-0.25, -0.2) is 4.57 Å². The number of carbonyl (C=O) groups is 2. The number of hydrogen-bond donors (Lipinski definition) is 6. The van der Waals surface area contributed by atoms with Crippen LogP contribution in [-0.2, 0) is 32.7 Å². The molecule has 0 aromatic rings. The summed E-state index contributed by atoms with van der Waals surface area (Å²) in [4.78, 5) is 35.6. The molecule has 340 valence electrons. The zero-order valence-electron chi connectivity index (χ0n) is 35.8. The van der Waals surface area contributed by atoms with Gasteiger partial charge < -0.3 is 39.9 Å². The Bertz CT molecular complexity index is 1120. The summed E-state index contributed by atoms with van der Waals surface area (Å²) in [6.45, 7) is 3.25. The molecule has 0 spiro atoms. The minimum Gasteiger partial charge on any atom is -0.462 e. The Kier molecular flexibility index (Phi) is 32.8. The lowest BCUT2D eigenvalue weighted by atomic mass is 9.85. The molecule has 1 fully saturated rings. The lowest BCUT2D eigenvalue weighted by Gasteiger charge is -2.41. The highest BCUT2D eigenvalue weighted by molar-refractivity contribution is 7.47. The number of carbonyl (C=O) groups excluding carboxylic acids is 2. The highest BCUT2D eigenvalue weighted by Gasteiger charge is 2.51. The number of esters is 2. The lowest BCUT2D eigenvalue weighted by Crippen LogP contribution is -2.64. The SMILES string of the molecule is CCCCC/C=C/CCCCCCCC(=O)O[C@@H](COC(=O)CCCCCCCCCCC/C=C/CCCCCC)COP(=O)(O)OC1C(O)C(O)C(O)[C@H](O)C1O. The summed E-state index contributed by atoms with van der Waals surface area (Å²) in [5.41, 5.74) is 0. The van der Waals surface area contributed by atoms with E-state index in [0.717, 1.165) is 64.2 Å². The van der Waals surface area contributed by atoms with E-state index in [4.69, 9.17) is 18.5 Å². The van der Waals surface area contributed by atoms with Crippen LogP contribution in [0.25, 0.3) is 0 Å². The molecule has 1 saturated carbocycles. The second kappa shape index (κ2) is 35.0. The number of aliphatic hydroxyl groups excluding tert-OH is 5. The first-order valence-electron chi connectivity index (χ1n) is 22.6. The smallest absolute Gasteiger partial charge is 0.462 e. The van der Waals surface area contributed by atoms with Crippen molar-refractivity contribution in [2.24, 2.45) is 0 Å². The maximum absolute atomic E-state index is 12.8. The predicted octanol–water partition coefficient (Wildman–Crippen LogP) is 8.45. The van der Waals surface area contributed by atoms with Crippen molar-refractivity contribution in [3.63, 3.8) is 0 Å². The number of rotatable bonds is 37. The lowest BCUT2D eigenvalue weighted by molar-refractivity contribution is -0.220. The maximum atomic E-state index is 12.8. The molecular weight excluding hydrogens is 767 g/mol. The summed E-state index contributed by atoms with van der Waals surface area (Å²) in [6.07, 6.45) is 23.8. The zero-order chi connectivity index (χ0) is 42.9. The Labute approximate surface area is 349 Å². The normalized spacial score (nSPS) is 22.7. The van der Waals surface area contributed by atoms with Crippen molar-refractivity contribution in [1.29, 1.82) is 0 Å². The quantitative estimate of drug-likeness (QED) is 0.0150. The fraction of sp³-hybridized carbons (Fsp3) is 0.864. The molecule has 1 aliphatic carbocycles. The molecular formula is C44H81O13P. The van der Waals surface area contributed by atoms with E-state index in [1.807, 2.05) is 0 Å². The van der Waals surface area contributed by atoms with Crippen LogP contribution in [0.4, 0.5) is 0 Å². The summed E-state index contributed by atoms with van der Waals surface area (Å²) in [6, 6.07) is 0. The Hall–Kier alpha value is -1.67. The van der Waals surface area contributed by atoms with Crippen LogP contribution in [-0.4, -0.2) is 98.3 Å². The second-order valence-corrected chi connectivity index (χ2v) is 17.3. The van der Waals surface area contributed by atoms with E-state index >= 15 is 0 Å². The monoisotopic (exact) mass is 849 g/mol. The number of allylic oxidation sites excluding steroid dienone is 4. The van der Waals surface area contributed by atoms with Gasteiger partial charge in [-0.05, 0) is 64.2 Å². The van der Waals surface area contributed by atoms with E-state index in [2.05, 4.69) is 38.2 Å². The standard InChI is InChI=1S/C44H81O13P/c1-3-5-7-9-11-13-15-17-18-19-20-21-23-24-26-28-30-32-37(45)54-34-36(56-38(46)33-31-29-27-25-22-16-14-12-10-8-6-4-2)35-55-58(52,53)57-44-42(50)40(48)39(47)41(49)43(44)51/h12-15,36,39-44,47-51H,3-11,16-35H2,1-2H3,(H,52,53)/b14-12+,15-13+/t36-,39?,40-,41?,42?,43?,44?/m0/s1. The third kappa shape index (κ3) is 27.2. The van der Waals surface area contributed by atoms with Gasteiger partial charge in [-0.15, -0.1) is 0 Å². The van der Waals surface area contributed by atoms with Gasteiger partial charge in [-0.3, -0.25) is 18.6 Å². The van der Waals surface area contributed by atoms with E-state index in [1.165, 1.54) is 83.5 Å². The van der Waals surface area contributed by atoms with E-state index in [-0.39, 0.29) is 12.8 Å². The van der Waals surface area contributed by atoms with Gasteiger partial charge in [0.1, 0.15) is 43.2 Å². The third-order valence-corrected chi connectivity index (χ3v) is 11.5. The molecule has 0 aromatic heterocycles. The first-order valence-corrected chi connectivity index (χ1v) is 24.1. The Balaban J connectivity index is 2.45. The molecule has 0 saturated heterocycles. The van der Waals surface area contributed by atoms with Crippen LogP contribution >= 0.6 is 7.82 Å². The molecule has 1 rings (SSSR count). The fourth-order valence-corrected chi connectivity index (χ4v) is 7.78. The topological polar surface area (TPSA) is 210 Å². The average Bonchev–Trinajstić information content (AvgIpc) is 3.20. The van der Waals surface area contributed by atoms with Crippen molar-refractivity contribution in [3.05, 3.63) is 24.3 Å². The Morgan fingerprint density at radius 2 is 0.879 bits per heavy atom. The summed E-state index contributed by atoms with van der Waals surface area (Å²) in [5, 5.41) is 50.1. The summed E-state index contributed by atoms with van der Waals surface area (Å²) in [7, 11) is -5.11.